The van der Waals surface area contributed by atoms with Gasteiger partial charge in [0.2, 0.25) is 5.95 Å². The summed E-state index contributed by atoms with van der Waals surface area (Å²) in [5.41, 5.74) is 1.53. The van der Waals surface area contributed by atoms with Crippen LogP contribution in [0.4, 0.5) is 5.95 Å². The molecule has 2 heterocycles. The molecule has 0 saturated carbocycles. The van der Waals surface area contributed by atoms with Gasteiger partial charge in [-0.05, 0) is 0 Å². The molecule has 1 aliphatic rings. The van der Waals surface area contributed by atoms with Crippen LogP contribution in [0.15, 0.2) is 6.20 Å². The van der Waals surface area contributed by atoms with Crippen LogP contribution >= 0.6 is 0 Å². The molecular weight excluding hydrogens is 216 g/mol. The Hall–Kier alpha value is -1.07. The fourth-order valence-electron chi connectivity index (χ4n) is 2.06. The lowest BCUT2D eigenvalue weighted by Gasteiger charge is -2.38. The number of aromatic nitrogens is 2. The molecule has 5 nitrogen and oxygen atoms in total. The first kappa shape index (κ1) is 12.4. The zero-order chi connectivity index (χ0) is 12.5. The summed E-state index contributed by atoms with van der Waals surface area (Å²) in [4.78, 5) is 6.41. The lowest BCUT2D eigenvalue weighted by molar-refractivity contribution is -0.0992. The maximum Gasteiger partial charge on any atom is 0.204 e. The number of ether oxygens (including phenoxy) is 1. The topological polar surface area (TPSA) is 42.3 Å². The minimum atomic E-state index is 0.322. The maximum absolute atomic E-state index is 5.24. The zero-order valence-electron chi connectivity index (χ0n) is 11.2. The SMILES string of the molecule is CN(C)c1ncc(CNCC2(C)COC2)n1C. The van der Waals surface area contributed by atoms with Crippen molar-refractivity contribution >= 4 is 5.95 Å². The van der Waals surface area contributed by atoms with Gasteiger partial charge < -0.3 is 19.5 Å². The Morgan fingerprint density at radius 3 is 2.71 bits per heavy atom. The summed E-state index contributed by atoms with van der Waals surface area (Å²) >= 11 is 0. The number of rotatable bonds is 5. The average molecular weight is 238 g/mol. The van der Waals surface area contributed by atoms with Crippen molar-refractivity contribution < 1.29 is 4.74 Å². The van der Waals surface area contributed by atoms with E-state index in [1.54, 1.807) is 0 Å². The predicted octanol–water partition coefficient (Wildman–Crippen LogP) is 0.612. The summed E-state index contributed by atoms with van der Waals surface area (Å²) in [6.45, 7) is 5.84. The predicted molar refractivity (Wildman–Crippen MR) is 68.2 cm³/mol. The highest BCUT2D eigenvalue weighted by molar-refractivity contribution is 5.30. The van der Waals surface area contributed by atoms with E-state index in [1.165, 1.54) is 5.69 Å². The first-order valence-electron chi connectivity index (χ1n) is 5.98. The molecule has 0 atom stereocenters. The van der Waals surface area contributed by atoms with E-state index in [0.29, 0.717) is 5.41 Å². The molecule has 0 aromatic carbocycles. The van der Waals surface area contributed by atoms with Crippen molar-refractivity contribution in [3.8, 4) is 0 Å². The molecule has 1 aliphatic heterocycles. The number of nitrogens with zero attached hydrogens (tertiary/aromatic N) is 3. The van der Waals surface area contributed by atoms with Gasteiger partial charge in [-0.15, -0.1) is 0 Å². The van der Waals surface area contributed by atoms with Crippen LogP contribution in [-0.2, 0) is 18.3 Å². The molecule has 0 radical (unpaired) electrons. The van der Waals surface area contributed by atoms with E-state index in [1.807, 2.05) is 32.2 Å². The smallest absolute Gasteiger partial charge is 0.204 e. The van der Waals surface area contributed by atoms with Crippen molar-refractivity contribution in [3.63, 3.8) is 0 Å². The third-order valence-corrected chi connectivity index (χ3v) is 3.22. The molecule has 96 valence electrons. The summed E-state index contributed by atoms with van der Waals surface area (Å²) in [6, 6.07) is 0. The van der Waals surface area contributed by atoms with Crippen LogP contribution in [0.2, 0.25) is 0 Å². The molecule has 5 heteroatoms. The molecule has 0 aliphatic carbocycles. The normalized spacial score (nSPS) is 17.9. The van der Waals surface area contributed by atoms with Gasteiger partial charge in [0, 0.05) is 39.6 Å². The highest BCUT2D eigenvalue weighted by atomic mass is 16.5. The fourth-order valence-corrected chi connectivity index (χ4v) is 2.06. The van der Waals surface area contributed by atoms with E-state index < -0.39 is 0 Å². The summed E-state index contributed by atoms with van der Waals surface area (Å²) in [6.07, 6.45) is 1.93. The van der Waals surface area contributed by atoms with Gasteiger partial charge in [-0.1, -0.05) is 6.92 Å². The fraction of sp³-hybridized carbons (Fsp3) is 0.750. The largest absolute Gasteiger partial charge is 0.380 e. The van der Waals surface area contributed by atoms with Crippen molar-refractivity contribution in [1.29, 1.82) is 0 Å². The first-order chi connectivity index (χ1) is 8.02. The monoisotopic (exact) mass is 238 g/mol. The second kappa shape index (κ2) is 4.66. The molecule has 1 aromatic rings. The quantitative estimate of drug-likeness (QED) is 0.816. The van der Waals surface area contributed by atoms with Gasteiger partial charge in [0.05, 0.1) is 25.1 Å². The van der Waals surface area contributed by atoms with Crippen LogP contribution in [0, 0.1) is 5.41 Å². The zero-order valence-corrected chi connectivity index (χ0v) is 11.2. The van der Waals surface area contributed by atoms with Gasteiger partial charge in [0.1, 0.15) is 0 Å². The Kier molecular flexibility index (Phi) is 3.40. The Balaban J connectivity index is 1.86. The molecule has 1 fully saturated rings. The molecular formula is C12H22N4O. The van der Waals surface area contributed by atoms with Gasteiger partial charge in [-0.2, -0.15) is 0 Å². The van der Waals surface area contributed by atoms with E-state index in [0.717, 1.165) is 32.3 Å². The Morgan fingerprint density at radius 1 is 1.53 bits per heavy atom. The van der Waals surface area contributed by atoms with Crippen LogP contribution < -0.4 is 10.2 Å². The molecule has 1 N–H and O–H groups in total. The van der Waals surface area contributed by atoms with Crippen LogP contribution in [0.5, 0.6) is 0 Å². The number of anilines is 1. The third-order valence-electron chi connectivity index (χ3n) is 3.22. The lowest BCUT2D eigenvalue weighted by Crippen LogP contribution is -2.47. The summed E-state index contributed by atoms with van der Waals surface area (Å²) in [5, 5.41) is 3.48. The van der Waals surface area contributed by atoms with Crippen molar-refractivity contribution in [1.82, 2.24) is 14.9 Å². The average Bonchev–Trinajstić information content (AvgIpc) is 2.58. The number of imidazole rings is 1. The highest BCUT2D eigenvalue weighted by Crippen LogP contribution is 2.25. The molecule has 17 heavy (non-hydrogen) atoms. The summed E-state index contributed by atoms with van der Waals surface area (Å²) < 4.78 is 7.35. The van der Waals surface area contributed by atoms with Crippen LogP contribution in [0.25, 0.3) is 0 Å². The van der Waals surface area contributed by atoms with Crippen LogP contribution in [0.1, 0.15) is 12.6 Å². The Labute approximate surface area is 103 Å². The number of nitrogens with one attached hydrogen (secondary N) is 1. The van der Waals surface area contributed by atoms with E-state index in [9.17, 15) is 0 Å². The minimum Gasteiger partial charge on any atom is -0.380 e. The van der Waals surface area contributed by atoms with E-state index in [-0.39, 0.29) is 0 Å². The van der Waals surface area contributed by atoms with Crippen LogP contribution in [0.3, 0.4) is 0 Å². The molecule has 0 unspecified atom stereocenters. The van der Waals surface area contributed by atoms with Crippen molar-refractivity contribution in [2.75, 3.05) is 38.8 Å². The number of hydrogen-bond acceptors (Lipinski definition) is 4. The van der Waals surface area contributed by atoms with Crippen molar-refractivity contribution in [3.05, 3.63) is 11.9 Å². The van der Waals surface area contributed by atoms with Gasteiger partial charge in [0.15, 0.2) is 0 Å². The van der Waals surface area contributed by atoms with Crippen molar-refractivity contribution in [2.24, 2.45) is 12.5 Å². The lowest BCUT2D eigenvalue weighted by atomic mass is 9.89. The van der Waals surface area contributed by atoms with Crippen molar-refractivity contribution in [2.45, 2.75) is 13.5 Å². The Bertz CT molecular complexity index is 382. The van der Waals surface area contributed by atoms with E-state index in [2.05, 4.69) is 21.8 Å². The number of hydrogen-bond donors (Lipinski definition) is 1. The molecule has 2 rings (SSSR count). The first-order valence-corrected chi connectivity index (χ1v) is 5.98. The molecule has 0 spiro atoms. The maximum atomic E-state index is 5.24. The van der Waals surface area contributed by atoms with Crippen LogP contribution in [-0.4, -0.2) is 43.4 Å². The van der Waals surface area contributed by atoms with Gasteiger partial charge in [0.25, 0.3) is 0 Å². The van der Waals surface area contributed by atoms with E-state index in [4.69, 9.17) is 4.74 Å². The molecule has 1 saturated heterocycles. The molecule has 0 bridgehead atoms. The second-order valence-electron chi connectivity index (χ2n) is 5.41. The second-order valence-corrected chi connectivity index (χ2v) is 5.41. The van der Waals surface area contributed by atoms with Gasteiger partial charge in [-0.25, -0.2) is 4.98 Å². The van der Waals surface area contributed by atoms with E-state index >= 15 is 0 Å². The summed E-state index contributed by atoms with van der Waals surface area (Å²) in [7, 11) is 6.06. The minimum absolute atomic E-state index is 0.322. The Morgan fingerprint density at radius 2 is 2.24 bits per heavy atom. The summed E-state index contributed by atoms with van der Waals surface area (Å²) in [5.74, 6) is 0.986. The third kappa shape index (κ3) is 2.61. The standard InChI is InChI=1S/C12H22N4O/c1-12(8-17-9-12)7-13-5-10-6-14-11(15(2)3)16(10)4/h6,13H,5,7-9H2,1-4H3. The van der Waals surface area contributed by atoms with Gasteiger partial charge in [-0.3, -0.25) is 0 Å². The molecule has 1 aromatic heterocycles. The van der Waals surface area contributed by atoms with Gasteiger partial charge >= 0.3 is 0 Å². The highest BCUT2D eigenvalue weighted by Gasteiger charge is 2.32. The molecule has 0 amide bonds.